The summed E-state index contributed by atoms with van der Waals surface area (Å²) in [6.07, 6.45) is 2.52. The standard InChI is InChI=1S/C15H25N3O5/c1-5-7-10(6-2)16-14(20)18-8-11(13(19)23-4)12(9-22-3)17-15(18)21/h10H,5-9H2,1-4H3,(H,16,20)(H,17,21). The van der Waals surface area contributed by atoms with Crippen molar-refractivity contribution in [1.82, 2.24) is 15.5 Å². The van der Waals surface area contributed by atoms with Crippen molar-refractivity contribution < 1.29 is 23.9 Å². The largest absolute Gasteiger partial charge is 0.466 e. The van der Waals surface area contributed by atoms with Gasteiger partial charge in [0.2, 0.25) is 0 Å². The van der Waals surface area contributed by atoms with E-state index in [1.54, 1.807) is 0 Å². The van der Waals surface area contributed by atoms with Gasteiger partial charge in [0.1, 0.15) is 0 Å². The van der Waals surface area contributed by atoms with E-state index in [-0.39, 0.29) is 24.8 Å². The van der Waals surface area contributed by atoms with E-state index >= 15 is 0 Å². The number of carbonyl (C=O) groups excluding carboxylic acids is 3. The fraction of sp³-hybridized carbons (Fsp3) is 0.667. The predicted octanol–water partition coefficient (Wildman–Crippen LogP) is 1.37. The van der Waals surface area contributed by atoms with Crippen LogP contribution < -0.4 is 10.6 Å². The molecule has 1 heterocycles. The maximum absolute atomic E-state index is 12.3. The molecule has 0 aliphatic carbocycles. The average Bonchev–Trinajstić information content (AvgIpc) is 2.54. The summed E-state index contributed by atoms with van der Waals surface area (Å²) < 4.78 is 9.67. The van der Waals surface area contributed by atoms with E-state index in [1.165, 1.54) is 14.2 Å². The van der Waals surface area contributed by atoms with Gasteiger partial charge in [0.25, 0.3) is 0 Å². The lowest BCUT2D eigenvalue weighted by Crippen LogP contribution is -2.55. The zero-order chi connectivity index (χ0) is 17.4. The highest BCUT2D eigenvalue weighted by molar-refractivity contribution is 6.00. The number of methoxy groups -OCH3 is 2. The third kappa shape index (κ3) is 4.95. The zero-order valence-corrected chi connectivity index (χ0v) is 14.1. The summed E-state index contributed by atoms with van der Waals surface area (Å²) in [7, 11) is 2.69. The second kappa shape index (κ2) is 9.14. The van der Waals surface area contributed by atoms with Gasteiger partial charge in [-0.3, -0.25) is 0 Å². The van der Waals surface area contributed by atoms with Crippen LogP contribution in [0.3, 0.4) is 0 Å². The number of imide groups is 1. The molecule has 0 saturated carbocycles. The maximum atomic E-state index is 12.3. The minimum absolute atomic E-state index is 0.00812. The molecular formula is C15H25N3O5. The molecule has 0 fully saturated rings. The van der Waals surface area contributed by atoms with Crippen LogP contribution in [-0.2, 0) is 14.3 Å². The van der Waals surface area contributed by atoms with Gasteiger partial charge in [0.15, 0.2) is 0 Å². The third-order valence-electron chi connectivity index (χ3n) is 3.61. The summed E-state index contributed by atoms with van der Waals surface area (Å²) in [5.41, 5.74) is 0.515. The van der Waals surface area contributed by atoms with Crippen molar-refractivity contribution in [2.75, 3.05) is 27.4 Å². The zero-order valence-electron chi connectivity index (χ0n) is 14.1. The molecule has 130 valence electrons. The van der Waals surface area contributed by atoms with E-state index in [9.17, 15) is 14.4 Å². The summed E-state index contributed by atoms with van der Waals surface area (Å²) in [5.74, 6) is -0.601. The van der Waals surface area contributed by atoms with Crippen LogP contribution in [0.25, 0.3) is 0 Å². The van der Waals surface area contributed by atoms with E-state index < -0.39 is 18.0 Å². The number of nitrogens with one attached hydrogen (secondary N) is 2. The molecule has 1 unspecified atom stereocenters. The third-order valence-corrected chi connectivity index (χ3v) is 3.61. The fourth-order valence-corrected chi connectivity index (χ4v) is 2.32. The molecule has 1 atom stereocenters. The summed E-state index contributed by atoms with van der Waals surface area (Å²) in [6, 6.07) is -1.12. The molecule has 0 saturated heterocycles. The molecule has 4 amide bonds. The van der Waals surface area contributed by atoms with Gasteiger partial charge >= 0.3 is 18.0 Å². The second-order valence-corrected chi connectivity index (χ2v) is 5.24. The molecule has 0 bridgehead atoms. The van der Waals surface area contributed by atoms with Crippen LogP contribution in [0.1, 0.15) is 33.1 Å². The van der Waals surface area contributed by atoms with Crippen molar-refractivity contribution >= 4 is 18.0 Å². The lowest BCUT2D eigenvalue weighted by Gasteiger charge is -2.30. The monoisotopic (exact) mass is 327 g/mol. The minimum Gasteiger partial charge on any atom is -0.466 e. The molecule has 23 heavy (non-hydrogen) atoms. The van der Waals surface area contributed by atoms with Crippen LogP contribution in [0, 0.1) is 0 Å². The molecule has 1 aliphatic heterocycles. The van der Waals surface area contributed by atoms with Crippen molar-refractivity contribution in [3.05, 3.63) is 11.3 Å². The Labute approximate surface area is 136 Å². The highest BCUT2D eigenvalue weighted by atomic mass is 16.5. The maximum Gasteiger partial charge on any atom is 0.337 e. The van der Waals surface area contributed by atoms with Gasteiger partial charge in [-0.1, -0.05) is 20.3 Å². The Kier molecular flexibility index (Phi) is 7.53. The number of nitrogens with zero attached hydrogens (tertiary/aromatic N) is 1. The summed E-state index contributed by atoms with van der Waals surface area (Å²) in [4.78, 5) is 37.3. The quantitative estimate of drug-likeness (QED) is 0.688. The van der Waals surface area contributed by atoms with Gasteiger partial charge in [-0.05, 0) is 12.8 Å². The first-order valence-corrected chi connectivity index (χ1v) is 7.66. The molecule has 0 radical (unpaired) electrons. The van der Waals surface area contributed by atoms with Crippen molar-refractivity contribution in [2.24, 2.45) is 0 Å². The number of hydrogen-bond donors (Lipinski definition) is 2. The van der Waals surface area contributed by atoms with Crippen LogP contribution in [0.5, 0.6) is 0 Å². The molecule has 0 aromatic heterocycles. The van der Waals surface area contributed by atoms with E-state index in [4.69, 9.17) is 9.47 Å². The van der Waals surface area contributed by atoms with E-state index in [1.807, 2.05) is 13.8 Å². The fourth-order valence-electron chi connectivity index (χ4n) is 2.32. The van der Waals surface area contributed by atoms with Crippen molar-refractivity contribution in [1.29, 1.82) is 0 Å². The summed E-state index contributed by atoms with van der Waals surface area (Å²) >= 11 is 0. The minimum atomic E-state index is -0.601. The second-order valence-electron chi connectivity index (χ2n) is 5.24. The molecule has 1 rings (SSSR count). The van der Waals surface area contributed by atoms with E-state index in [2.05, 4.69) is 10.6 Å². The van der Waals surface area contributed by atoms with Crippen LogP contribution in [0.2, 0.25) is 0 Å². The Bertz CT molecular complexity index is 490. The Morgan fingerprint density at radius 2 is 2.04 bits per heavy atom. The van der Waals surface area contributed by atoms with Gasteiger partial charge in [-0.2, -0.15) is 0 Å². The summed E-state index contributed by atoms with van der Waals surface area (Å²) in [6.45, 7) is 3.90. The molecule has 1 aliphatic rings. The number of urea groups is 2. The van der Waals surface area contributed by atoms with Crippen LogP contribution in [0.4, 0.5) is 9.59 Å². The molecule has 0 aromatic rings. The highest BCUT2D eigenvalue weighted by Crippen LogP contribution is 2.15. The van der Waals surface area contributed by atoms with Crippen molar-refractivity contribution in [3.8, 4) is 0 Å². The predicted molar refractivity (Wildman–Crippen MR) is 83.7 cm³/mol. The van der Waals surface area contributed by atoms with Gasteiger partial charge in [0, 0.05) is 13.2 Å². The molecular weight excluding hydrogens is 302 g/mol. The van der Waals surface area contributed by atoms with E-state index in [0.717, 1.165) is 24.2 Å². The molecule has 2 N–H and O–H groups in total. The first kappa shape index (κ1) is 19.0. The number of carbonyl (C=O) groups is 3. The average molecular weight is 327 g/mol. The summed E-state index contributed by atoms with van der Waals surface area (Å²) in [5, 5.41) is 5.33. The number of amides is 4. The highest BCUT2D eigenvalue weighted by Gasteiger charge is 2.33. The number of ether oxygens (including phenoxy) is 2. The smallest absolute Gasteiger partial charge is 0.337 e. The Morgan fingerprint density at radius 3 is 2.57 bits per heavy atom. The normalized spacial score (nSPS) is 16.0. The Hall–Kier alpha value is -2.09. The molecule has 0 spiro atoms. The van der Waals surface area contributed by atoms with Crippen LogP contribution in [-0.4, -0.2) is 56.3 Å². The van der Waals surface area contributed by atoms with Crippen molar-refractivity contribution in [3.63, 3.8) is 0 Å². The molecule has 8 heteroatoms. The lowest BCUT2D eigenvalue weighted by atomic mass is 10.1. The number of hydrogen-bond acceptors (Lipinski definition) is 5. The number of rotatable bonds is 7. The van der Waals surface area contributed by atoms with Gasteiger partial charge in [0.05, 0.1) is 31.5 Å². The van der Waals surface area contributed by atoms with Gasteiger partial charge in [-0.25, -0.2) is 19.3 Å². The van der Waals surface area contributed by atoms with E-state index in [0.29, 0.717) is 5.70 Å². The SMILES string of the molecule is CCCC(CC)NC(=O)N1CC(C(=O)OC)=C(COC)NC1=O. The van der Waals surface area contributed by atoms with Gasteiger partial charge < -0.3 is 20.1 Å². The first-order chi connectivity index (χ1) is 11.0. The Balaban J connectivity index is 2.91. The first-order valence-electron chi connectivity index (χ1n) is 7.66. The van der Waals surface area contributed by atoms with Crippen LogP contribution in [0.15, 0.2) is 11.3 Å². The van der Waals surface area contributed by atoms with Crippen LogP contribution >= 0.6 is 0 Å². The number of esters is 1. The van der Waals surface area contributed by atoms with Crippen molar-refractivity contribution in [2.45, 2.75) is 39.2 Å². The molecule has 0 aromatic carbocycles. The Morgan fingerprint density at radius 1 is 1.35 bits per heavy atom. The topological polar surface area (TPSA) is 97.0 Å². The molecule has 8 nitrogen and oxygen atoms in total. The lowest BCUT2D eigenvalue weighted by molar-refractivity contribution is -0.136. The van der Waals surface area contributed by atoms with Gasteiger partial charge in [-0.15, -0.1) is 0 Å².